The van der Waals surface area contributed by atoms with Crippen molar-refractivity contribution in [3.05, 3.63) is 82.0 Å². The lowest BCUT2D eigenvalue weighted by atomic mass is 9.84. The number of aromatic amines is 2. The Labute approximate surface area is 198 Å². The molecule has 4 rings (SSSR count). The molecular formula is C26H30N4O4. The van der Waals surface area contributed by atoms with Crippen LogP contribution in [0.3, 0.4) is 0 Å². The van der Waals surface area contributed by atoms with E-state index in [9.17, 15) is 4.79 Å². The summed E-state index contributed by atoms with van der Waals surface area (Å²) in [6.07, 6.45) is 2.84. The molecule has 0 fully saturated rings. The minimum Gasteiger partial charge on any atom is -0.493 e. The van der Waals surface area contributed by atoms with Crippen LogP contribution in [0.15, 0.2) is 59.5 Å². The molecule has 8 nitrogen and oxygen atoms in total. The molecular weight excluding hydrogens is 432 g/mol. The molecule has 4 aromatic rings. The van der Waals surface area contributed by atoms with Crippen LogP contribution in [0.25, 0.3) is 11.0 Å². The average Bonchev–Trinajstić information content (AvgIpc) is 3.36. The molecule has 34 heavy (non-hydrogen) atoms. The van der Waals surface area contributed by atoms with E-state index >= 15 is 0 Å². The van der Waals surface area contributed by atoms with Crippen molar-refractivity contribution < 1.29 is 14.2 Å². The van der Waals surface area contributed by atoms with Crippen LogP contribution in [0, 0.1) is 0 Å². The maximum absolute atomic E-state index is 12.5. The summed E-state index contributed by atoms with van der Waals surface area (Å²) in [4.78, 5) is 19.9. The average molecular weight is 463 g/mol. The fourth-order valence-electron chi connectivity index (χ4n) is 4.39. The molecule has 178 valence electrons. The quantitative estimate of drug-likeness (QED) is 0.366. The van der Waals surface area contributed by atoms with Crippen molar-refractivity contribution in [1.29, 1.82) is 0 Å². The summed E-state index contributed by atoms with van der Waals surface area (Å²) in [5.41, 5.74) is 2.63. The van der Waals surface area contributed by atoms with Crippen molar-refractivity contribution in [3.63, 3.8) is 0 Å². The lowest BCUT2D eigenvalue weighted by Gasteiger charge is -2.27. The van der Waals surface area contributed by atoms with Gasteiger partial charge >= 0.3 is 0 Å². The Morgan fingerprint density at radius 2 is 1.76 bits per heavy atom. The van der Waals surface area contributed by atoms with Crippen molar-refractivity contribution in [3.8, 4) is 11.5 Å². The van der Waals surface area contributed by atoms with Crippen LogP contribution in [0.4, 0.5) is 0 Å². The van der Waals surface area contributed by atoms with Gasteiger partial charge in [-0.3, -0.25) is 9.89 Å². The van der Waals surface area contributed by atoms with Gasteiger partial charge in [-0.15, -0.1) is 0 Å². The van der Waals surface area contributed by atoms with Crippen molar-refractivity contribution in [2.45, 2.75) is 37.7 Å². The molecule has 3 unspecified atom stereocenters. The molecule has 0 bridgehead atoms. The van der Waals surface area contributed by atoms with Crippen molar-refractivity contribution in [2.24, 2.45) is 0 Å². The second kappa shape index (κ2) is 10.5. The van der Waals surface area contributed by atoms with E-state index in [1.165, 1.54) is 11.8 Å². The molecule has 2 aromatic carbocycles. The standard InChI is InChI=1S/C26H30N4O4/c1-16(24-28-25-20(15-27-30-25)26(31)29-24)22(33-3)14-19(18-8-6-5-7-9-18)12-17-10-11-21(32-2)23(13-17)34-4/h5-11,13,15-16,19,22H,12,14H2,1-4H3,(H2,27,28,29,30,31). The zero-order valence-electron chi connectivity index (χ0n) is 19.9. The number of nitrogens with one attached hydrogen (secondary N) is 2. The summed E-state index contributed by atoms with van der Waals surface area (Å²) < 4.78 is 16.8. The normalized spacial score (nSPS) is 14.0. The number of aromatic nitrogens is 4. The van der Waals surface area contributed by atoms with E-state index in [0.717, 1.165) is 18.4 Å². The Bertz CT molecular complexity index is 1280. The highest BCUT2D eigenvalue weighted by molar-refractivity contribution is 5.72. The van der Waals surface area contributed by atoms with E-state index in [1.54, 1.807) is 21.3 Å². The van der Waals surface area contributed by atoms with Gasteiger partial charge in [0, 0.05) is 13.0 Å². The Morgan fingerprint density at radius 3 is 2.47 bits per heavy atom. The highest BCUT2D eigenvalue weighted by Crippen LogP contribution is 2.34. The molecule has 8 heteroatoms. The highest BCUT2D eigenvalue weighted by atomic mass is 16.5. The van der Waals surface area contributed by atoms with Crippen LogP contribution in [0.1, 0.15) is 42.1 Å². The van der Waals surface area contributed by atoms with Crippen LogP contribution < -0.4 is 15.0 Å². The zero-order valence-corrected chi connectivity index (χ0v) is 19.9. The van der Waals surface area contributed by atoms with Crippen LogP contribution in [-0.4, -0.2) is 47.6 Å². The monoisotopic (exact) mass is 462 g/mol. The topological polar surface area (TPSA) is 102 Å². The molecule has 0 aliphatic rings. The smallest absolute Gasteiger partial charge is 0.262 e. The largest absolute Gasteiger partial charge is 0.493 e. The third-order valence-electron chi connectivity index (χ3n) is 6.35. The van der Waals surface area contributed by atoms with Crippen LogP contribution >= 0.6 is 0 Å². The van der Waals surface area contributed by atoms with Gasteiger partial charge in [-0.2, -0.15) is 5.10 Å². The first-order chi connectivity index (χ1) is 16.5. The van der Waals surface area contributed by atoms with E-state index in [1.807, 2.05) is 37.3 Å². The number of nitrogens with zero attached hydrogens (tertiary/aromatic N) is 2. The zero-order chi connectivity index (χ0) is 24.1. The van der Waals surface area contributed by atoms with Crippen molar-refractivity contribution in [2.75, 3.05) is 21.3 Å². The molecule has 0 spiro atoms. The van der Waals surface area contributed by atoms with E-state index in [0.29, 0.717) is 28.4 Å². The van der Waals surface area contributed by atoms with Gasteiger partial charge < -0.3 is 19.2 Å². The van der Waals surface area contributed by atoms with Gasteiger partial charge in [-0.05, 0) is 42.0 Å². The number of H-pyrrole nitrogens is 2. The third-order valence-corrected chi connectivity index (χ3v) is 6.35. The Morgan fingerprint density at radius 1 is 1.00 bits per heavy atom. The minimum absolute atomic E-state index is 0.137. The van der Waals surface area contributed by atoms with Gasteiger partial charge in [0.05, 0.1) is 26.5 Å². The number of rotatable bonds is 10. The van der Waals surface area contributed by atoms with Crippen LogP contribution in [0.5, 0.6) is 11.5 Å². The van der Waals surface area contributed by atoms with Crippen LogP contribution in [-0.2, 0) is 11.2 Å². The van der Waals surface area contributed by atoms with E-state index in [2.05, 4.69) is 38.4 Å². The van der Waals surface area contributed by atoms with Crippen molar-refractivity contribution in [1.82, 2.24) is 20.2 Å². The maximum atomic E-state index is 12.5. The number of benzene rings is 2. The first kappa shape index (κ1) is 23.5. The van der Waals surface area contributed by atoms with Gasteiger partial charge in [-0.25, -0.2) is 4.98 Å². The van der Waals surface area contributed by atoms with Gasteiger partial charge in [0.15, 0.2) is 17.1 Å². The molecule has 2 N–H and O–H groups in total. The number of ether oxygens (including phenoxy) is 3. The molecule has 0 saturated carbocycles. The summed E-state index contributed by atoms with van der Waals surface area (Å²) in [6, 6.07) is 16.4. The number of hydrogen-bond donors (Lipinski definition) is 2. The second-order valence-corrected chi connectivity index (χ2v) is 8.38. The lowest BCUT2D eigenvalue weighted by molar-refractivity contribution is 0.0678. The van der Waals surface area contributed by atoms with Crippen molar-refractivity contribution >= 4 is 11.0 Å². The number of fused-ring (bicyclic) bond motifs is 1. The summed E-state index contributed by atoms with van der Waals surface area (Å²) in [5.74, 6) is 2.02. The Kier molecular flexibility index (Phi) is 7.27. The SMILES string of the molecule is COc1ccc(CC(CC(OC)C(C)c2nc3[nH]ncc3c(=O)[nH]2)c2ccccc2)cc1OC. The fraction of sp³-hybridized carbons (Fsp3) is 0.346. The lowest BCUT2D eigenvalue weighted by Crippen LogP contribution is -2.26. The molecule has 0 radical (unpaired) electrons. The van der Waals surface area contributed by atoms with E-state index in [4.69, 9.17) is 14.2 Å². The van der Waals surface area contributed by atoms with Crippen LogP contribution in [0.2, 0.25) is 0 Å². The summed E-state index contributed by atoms with van der Waals surface area (Å²) in [7, 11) is 4.98. The first-order valence-corrected chi connectivity index (χ1v) is 11.3. The Balaban J connectivity index is 1.62. The maximum Gasteiger partial charge on any atom is 0.262 e. The molecule has 0 saturated heterocycles. The number of methoxy groups -OCH3 is 3. The first-order valence-electron chi connectivity index (χ1n) is 11.3. The van der Waals surface area contributed by atoms with Gasteiger partial charge in [0.2, 0.25) is 0 Å². The van der Waals surface area contributed by atoms with Gasteiger partial charge in [-0.1, -0.05) is 43.3 Å². The fourth-order valence-corrected chi connectivity index (χ4v) is 4.39. The highest BCUT2D eigenvalue weighted by Gasteiger charge is 2.26. The van der Waals surface area contributed by atoms with E-state index < -0.39 is 0 Å². The van der Waals surface area contributed by atoms with Gasteiger partial charge in [0.25, 0.3) is 5.56 Å². The predicted octanol–water partition coefficient (Wildman–Crippen LogP) is 4.20. The summed E-state index contributed by atoms with van der Waals surface area (Å²) in [5, 5.41) is 7.16. The predicted molar refractivity (Wildman–Crippen MR) is 131 cm³/mol. The van der Waals surface area contributed by atoms with Gasteiger partial charge in [0.1, 0.15) is 11.2 Å². The molecule has 3 atom stereocenters. The number of hydrogen-bond acceptors (Lipinski definition) is 6. The molecule has 0 aliphatic heterocycles. The molecule has 0 aliphatic carbocycles. The molecule has 0 amide bonds. The summed E-state index contributed by atoms with van der Waals surface area (Å²) >= 11 is 0. The Hall–Kier alpha value is -3.65. The second-order valence-electron chi connectivity index (χ2n) is 8.38. The third kappa shape index (κ3) is 4.97. The minimum atomic E-state index is -0.208. The molecule has 2 aromatic heterocycles. The van der Waals surface area contributed by atoms with E-state index in [-0.39, 0.29) is 23.5 Å². The summed E-state index contributed by atoms with van der Waals surface area (Å²) in [6.45, 7) is 2.02. The molecule has 2 heterocycles.